The molecule has 0 unspecified atom stereocenters. The molecular weight excluding hydrogens is 418 g/mol. The zero-order valence-corrected chi connectivity index (χ0v) is 19.1. The normalized spacial score (nSPS) is 18.8. The SMILES string of the molecule is Cl.O=C(O)[C@@H]1CCCN(CCC=c2cccc3cc4c(cc23)=Cc2ccccc2CC4)C1. The Kier molecular flexibility index (Phi) is 6.98. The molecule has 0 spiro atoms. The number of fused-ring (bicyclic) bond motifs is 3. The van der Waals surface area contributed by atoms with Gasteiger partial charge in [0.05, 0.1) is 5.92 Å². The lowest BCUT2D eigenvalue weighted by molar-refractivity contribution is -0.143. The van der Waals surface area contributed by atoms with Crippen molar-refractivity contribution in [3.05, 3.63) is 81.7 Å². The molecule has 0 radical (unpaired) electrons. The van der Waals surface area contributed by atoms with Crippen LogP contribution in [0, 0.1) is 5.92 Å². The van der Waals surface area contributed by atoms with Gasteiger partial charge in [0.25, 0.3) is 0 Å². The molecule has 1 saturated heterocycles. The van der Waals surface area contributed by atoms with Crippen LogP contribution in [0.1, 0.15) is 36.0 Å². The Bertz CT molecular complexity index is 1250. The molecule has 1 N–H and O–H groups in total. The third-order valence-electron chi connectivity index (χ3n) is 6.87. The van der Waals surface area contributed by atoms with Crippen molar-refractivity contribution in [2.45, 2.75) is 32.1 Å². The first-order valence-corrected chi connectivity index (χ1v) is 11.4. The standard InChI is InChI=1S/C28H29NO2.ClH/c30-28(31)25-11-5-15-29(19-25)14-4-10-21-8-3-9-24-16-23-13-12-20-6-1-2-7-22(20)17-26(23)18-27(21)24;/h1-3,6-10,16-18,25H,4-5,11-15,19H2,(H,30,31);1H/t25-;/m1./s1. The summed E-state index contributed by atoms with van der Waals surface area (Å²) in [5.74, 6) is -0.860. The third kappa shape index (κ3) is 4.74. The summed E-state index contributed by atoms with van der Waals surface area (Å²) in [6, 6.07) is 20.0. The van der Waals surface area contributed by atoms with Crippen LogP contribution in [0.2, 0.25) is 0 Å². The highest BCUT2D eigenvalue weighted by Crippen LogP contribution is 2.19. The summed E-state index contributed by atoms with van der Waals surface area (Å²) in [5.41, 5.74) is 4.18. The Morgan fingerprint density at radius 1 is 1.06 bits per heavy atom. The highest BCUT2D eigenvalue weighted by atomic mass is 35.5. The zero-order chi connectivity index (χ0) is 21.2. The number of nitrogens with zero attached hydrogens (tertiary/aromatic N) is 1. The molecule has 1 fully saturated rings. The largest absolute Gasteiger partial charge is 0.481 e. The van der Waals surface area contributed by atoms with Gasteiger partial charge < -0.3 is 10.0 Å². The van der Waals surface area contributed by atoms with Crippen molar-refractivity contribution in [2.75, 3.05) is 19.6 Å². The van der Waals surface area contributed by atoms with Crippen molar-refractivity contribution in [1.29, 1.82) is 0 Å². The first-order chi connectivity index (χ1) is 15.2. The second-order valence-corrected chi connectivity index (χ2v) is 8.93. The average Bonchev–Trinajstić information content (AvgIpc) is 2.97. The lowest BCUT2D eigenvalue weighted by atomic mass is 9.98. The lowest BCUT2D eigenvalue weighted by Gasteiger charge is -2.30. The first-order valence-electron chi connectivity index (χ1n) is 11.4. The number of likely N-dealkylation sites (tertiary alicyclic amines) is 1. The van der Waals surface area contributed by atoms with Gasteiger partial charge in [0.1, 0.15) is 0 Å². The van der Waals surface area contributed by atoms with Crippen LogP contribution in [-0.4, -0.2) is 35.6 Å². The van der Waals surface area contributed by atoms with Crippen molar-refractivity contribution in [2.24, 2.45) is 5.92 Å². The van der Waals surface area contributed by atoms with E-state index < -0.39 is 5.97 Å². The van der Waals surface area contributed by atoms with E-state index in [1.165, 1.54) is 37.9 Å². The van der Waals surface area contributed by atoms with E-state index in [-0.39, 0.29) is 18.3 Å². The van der Waals surface area contributed by atoms with Crippen LogP contribution in [0.4, 0.5) is 0 Å². The molecule has 32 heavy (non-hydrogen) atoms. The van der Waals surface area contributed by atoms with Crippen molar-refractivity contribution in [3.8, 4) is 0 Å². The molecule has 1 heterocycles. The second-order valence-electron chi connectivity index (χ2n) is 8.93. The molecule has 0 saturated carbocycles. The Labute approximate surface area is 195 Å². The van der Waals surface area contributed by atoms with Gasteiger partial charge >= 0.3 is 5.97 Å². The van der Waals surface area contributed by atoms with Gasteiger partial charge in [0.2, 0.25) is 0 Å². The van der Waals surface area contributed by atoms with Gasteiger partial charge in [0, 0.05) is 13.1 Å². The maximum atomic E-state index is 11.3. The van der Waals surface area contributed by atoms with E-state index in [0.717, 1.165) is 45.2 Å². The zero-order valence-electron chi connectivity index (χ0n) is 18.3. The van der Waals surface area contributed by atoms with Crippen molar-refractivity contribution in [1.82, 2.24) is 4.90 Å². The molecule has 0 aromatic heterocycles. The molecular formula is C28H30ClNO2. The van der Waals surface area contributed by atoms with E-state index in [9.17, 15) is 9.90 Å². The second kappa shape index (κ2) is 9.89. The van der Waals surface area contributed by atoms with Crippen LogP contribution in [-0.2, 0) is 17.6 Å². The van der Waals surface area contributed by atoms with Gasteiger partial charge in [-0.3, -0.25) is 4.79 Å². The van der Waals surface area contributed by atoms with E-state index in [0.29, 0.717) is 6.54 Å². The average molecular weight is 448 g/mol. The summed E-state index contributed by atoms with van der Waals surface area (Å²) in [6.45, 7) is 2.61. The predicted octanol–water partition coefficient (Wildman–Crippen LogP) is 4.16. The summed E-state index contributed by atoms with van der Waals surface area (Å²) in [5, 5.41) is 14.5. The van der Waals surface area contributed by atoms with Crippen LogP contribution in [0.15, 0.2) is 54.6 Å². The highest BCUT2D eigenvalue weighted by molar-refractivity contribution is 5.85. The number of benzene rings is 3. The van der Waals surface area contributed by atoms with Crippen molar-refractivity contribution in [3.63, 3.8) is 0 Å². The van der Waals surface area contributed by atoms with Gasteiger partial charge in [-0.1, -0.05) is 54.6 Å². The number of hydrogen-bond acceptors (Lipinski definition) is 2. The summed E-state index contributed by atoms with van der Waals surface area (Å²) in [7, 11) is 0. The molecule has 166 valence electrons. The molecule has 3 nitrogen and oxygen atoms in total. The molecule has 1 aliphatic heterocycles. The molecule has 5 rings (SSSR count). The van der Waals surface area contributed by atoms with Gasteiger partial charge in [0.15, 0.2) is 0 Å². The van der Waals surface area contributed by atoms with Crippen LogP contribution >= 0.6 is 12.4 Å². The summed E-state index contributed by atoms with van der Waals surface area (Å²) in [4.78, 5) is 13.6. The van der Waals surface area contributed by atoms with E-state index in [1.54, 1.807) is 0 Å². The third-order valence-corrected chi connectivity index (χ3v) is 6.87. The van der Waals surface area contributed by atoms with E-state index in [4.69, 9.17) is 0 Å². The fraction of sp³-hybridized carbons (Fsp3) is 0.321. The van der Waals surface area contributed by atoms with Crippen LogP contribution < -0.4 is 10.4 Å². The van der Waals surface area contributed by atoms with Crippen molar-refractivity contribution < 1.29 is 9.90 Å². The number of rotatable bonds is 4. The number of halogens is 1. The van der Waals surface area contributed by atoms with Gasteiger partial charge in [-0.05, 0) is 88.7 Å². The topological polar surface area (TPSA) is 40.5 Å². The maximum absolute atomic E-state index is 11.3. The van der Waals surface area contributed by atoms with Gasteiger partial charge in [-0.25, -0.2) is 0 Å². The minimum absolute atomic E-state index is 0. The molecule has 3 aromatic carbocycles. The molecule has 3 aromatic rings. The minimum atomic E-state index is -0.652. The quantitative estimate of drug-likeness (QED) is 0.653. The Morgan fingerprint density at radius 3 is 2.78 bits per heavy atom. The van der Waals surface area contributed by atoms with Gasteiger partial charge in [-0.15, -0.1) is 12.4 Å². The minimum Gasteiger partial charge on any atom is -0.481 e. The van der Waals surface area contributed by atoms with Crippen LogP contribution in [0.5, 0.6) is 0 Å². The highest BCUT2D eigenvalue weighted by Gasteiger charge is 2.24. The molecule has 2 aliphatic rings. The number of carboxylic acids is 1. The fourth-order valence-electron chi connectivity index (χ4n) is 5.14. The number of hydrogen-bond donors (Lipinski definition) is 1. The monoisotopic (exact) mass is 447 g/mol. The van der Waals surface area contributed by atoms with Crippen LogP contribution in [0.25, 0.3) is 22.9 Å². The number of aryl methyl sites for hydroxylation is 2. The Morgan fingerprint density at radius 2 is 1.91 bits per heavy atom. The molecule has 0 amide bonds. The summed E-state index contributed by atoms with van der Waals surface area (Å²) in [6.07, 6.45) is 9.56. The number of carboxylic acid groups (broad SMARTS) is 1. The number of piperidine rings is 1. The number of aliphatic carboxylic acids is 1. The smallest absolute Gasteiger partial charge is 0.307 e. The molecule has 0 bridgehead atoms. The molecule has 1 aliphatic carbocycles. The van der Waals surface area contributed by atoms with Crippen LogP contribution in [0.3, 0.4) is 0 Å². The molecule has 1 atom stereocenters. The first kappa shape index (κ1) is 22.6. The Hall–Kier alpha value is -2.62. The van der Waals surface area contributed by atoms with E-state index in [2.05, 4.69) is 71.6 Å². The van der Waals surface area contributed by atoms with E-state index in [1.807, 2.05) is 0 Å². The predicted molar refractivity (Wildman–Crippen MR) is 134 cm³/mol. The van der Waals surface area contributed by atoms with Gasteiger partial charge in [-0.2, -0.15) is 0 Å². The molecule has 4 heteroatoms. The lowest BCUT2D eigenvalue weighted by Crippen LogP contribution is -2.39. The summed E-state index contributed by atoms with van der Waals surface area (Å²) < 4.78 is 0. The van der Waals surface area contributed by atoms with E-state index >= 15 is 0 Å². The number of carbonyl (C=O) groups is 1. The van der Waals surface area contributed by atoms with Crippen molar-refractivity contribution >= 4 is 41.3 Å². The summed E-state index contributed by atoms with van der Waals surface area (Å²) >= 11 is 0. The Balaban J connectivity index is 0.00000245. The maximum Gasteiger partial charge on any atom is 0.307 e. The fourth-order valence-corrected chi connectivity index (χ4v) is 5.14.